The van der Waals surface area contributed by atoms with E-state index in [0.29, 0.717) is 17.4 Å². The number of rotatable bonds is 7. The molecule has 27 heavy (non-hydrogen) atoms. The molecule has 3 aromatic rings. The summed E-state index contributed by atoms with van der Waals surface area (Å²) < 4.78 is 5.89. The van der Waals surface area contributed by atoms with E-state index in [0.717, 1.165) is 16.8 Å². The molecule has 0 unspecified atom stereocenters. The van der Waals surface area contributed by atoms with Crippen LogP contribution in [-0.2, 0) is 11.4 Å². The average Bonchev–Trinajstić information content (AvgIpc) is 2.71. The average molecular weight is 376 g/mol. The maximum Gasteiger partial charge on any atom is 0.178 e. The number of nitrogens with zero attached hydrogens (tertiary/aromatic N) is 1. The van der Waals surface area contributed by atoms with E-state index < -0.39 is 0 Å². The van der Waals surface area contributed by atoms with Gasteiger partial charge >= 0.3 is 0 Å². The Balaban J connectivity index is 1.66. The number of halogens is 1. The third-order valence-corrected chi connectivity index (χ3v) is 4.16. The summed E-state index contributed by atoms with van der Waals surface area (Å²) in [6.07, 6.45) is 8.12. The number of aromatic nitrogens is 1. The number of carbonyl (C=O) groups is 1. The summed E-state index contributed by atoms with van der Waals surface area (Å²) in [5.41, 5.74) is 2.47. The summed E-state index contributed by atoms with van der Waals surface area (Å²) in [5.74, 6) is 0.566. The smallest absolute Gasteiger partial charge is 0.178 e. The second-order valence-corrected chi connectivity index (χ2v) is 6.15. The van der Waals surface area contributed by atoms with Gasteiger partial charge in [-0.15, -0.1) is 0 Å². The van der Waals surface area contributed by atoms with E-state index in [1.165, 1.54) is 12.2 Å². The third kappa shape index (κ3) is 5.66. The zero-order valence-electron chi connectivity index (χ0n) is 14.6. The van der Waals surface area contributed by atoms with Crippen LogP contribution in [0.1, 0.15) is 16.8 Å². The zero-order valence-corrected chi connectivity index (χ0v) is 15.3. The Morgan fingerprint density at radius 2 is 1.67 bits per heavy atom. The first-order valence-electron chi connectivity index (χ1n) is 8.49. The van der Waals surface area contributed by atoms with Crippen molar-refractivity contribution in [3.8, 4) is 5.75 Å². The molecule has 3 rings (SSSR count). The molecule has 1 aromatic heterocycles. The first-order chi connectivity index (χ1) is 13.2. The van der Waals surface area contributed by atoms with Crippen LogP contribution in [0.5, 0.6) is 5.75 Å². The van der Waals surface area contributed by atoms with Crippen molar-refractivity contribution in [2.24, 2.45) is 0 Å². The Bertz CT molecular complexity index is 965. The van der Waals surface area contributed by atoms with Crippen LogP contribution >= 0.6 is 11.6 Å². The molecule has 0 saturated carbocycles. The predicted octanol–water partition coefficient (Wildman–Crippen LogP) is 5.61. The number of para-hydroxylation sites is 1. The van der Waals surface area contributed by atoms with Crippen molar-refractivity contribution in [2.45, 2.75) is 6.61 Å². The van der Waals surface area contributed by atoms with Gasteiger partial charge in [-0.1, -0.05) is 54.1 Å². The number of benzene rings is 2. The lowest BCUT2D eigenvalue weighted by molar-refractivity contribution is -0.110. The highest BCUT2D eigenvalue weighted by atomic mass is 35.5. The monoisotopic (exact) mass is 375 g/mol. The number of carbonyl (C=O) groups excluding carboxylic acids is 1. The van der Waals surface area contributed by atoms with Gasteiger partial charge in [0.15, 0.2) is 5.78 Å². The van der Waals surface area contributed by atoms with Gasteiger partial charge in [0.05, 0.1) is 5.69 Å². The van der Waals surface area contributed by atoms with Gasteiger partial charge in [0, 0.05) is 22.3 Å². The molecule has 3 nitrogen and oxygen atoms in total. The fourth-order valence-corrected chi connectivity index (χ4v) is 2.58. The topological polar surface area (TPSA) is 39.2 Å². The van der Waals surface area contributed by atoms with Crippen molar-refractivity contribution in [3.63, 3.8) is 0 Å². The van der Waals surface area contributed by atoms with Crippen molar-refractivity contribution in [1.29, 1.82) is 0 Å². The van der Waals surface area contributed by atoms with Crippen LogP contribution in [-0.4, -0.2) is 10.8 Å². The van der Waals surface area contributed by atoms with Crippen LogP contribution < -0.4 is 4.74 Å². The molecular formula is C23H18ClNO2. The summed E-state index contributed by atoms with van der Waals surface area (Å²) in [5, 5.41) is 0.667. The van der Waals surface area contributed by atoms with Gasteiger partial charge in [-0.3, -0.25) is 9.78 Å². The van der Waals surface area contributed by atoms with Crippen LogP contribution in [0.2, 0.25) is 5.02 Å². The van der Waals surface area contributed by atoms with E-state index in [1.54, 1.807) is 18.3 Å². The second kappa shape index (κ2) is 9.51. The number of pyridine rings is 1. The lowest BCUT2D eigenvalue weighted by Gasteiger charge is -2.10. The maximum absolute atomic E-state index is 12.1. The number of hydrogen-bond acceptors (Lipinski definition) is 3. The van der Waals surface area contributed by atoms with Gasteiger partial charge in [-0.05, 0) is 48.6 Å². The Labute approximate surface area is 163 Å². The molecule has 2 aromatic carbocycles. The molecule has 1 heterocycles. The first kappa shape index (κ1) is 18.6. The number of ketones is 1. The molecule has 0 aliphatic carbocycles. The molecule has 0 aliphatic rings. The molecule has 0 fully saturated rings. The molecule has 4 heteroatoms. The molecule has 0 N–H and O–H groups in total. The maximum atomic E-state index is 12.1. The summed E-state index contributed by atoms with van der Waals surface area (Å²) in [6.45, 7) is 0.359. The summed E-state index contributed by atoms with van der Waals surface area (Å²) in [4.78, 5) is 16.2. The van der Waals surface area contributed by atoms with Gasteiger partial charge < -0.3 is 4.74 Å². The fourth-order valence-electron chi connectivity index (χ4n) is 2.39. The van der Waals surface area contributed by atoms with Gasteiger partial charge in [0.2, 0.25) is 0 Å². The van der Waals surface area contributed by atoms with Crippen LogP contribution in [0.25, 0.3) is 12.2 Å². The Morgan fingerprint density at radius 3 is 2.48 bits per heavy atom. The standard InChI is InChI=1S/C23H18ClNO2/c24-22-10-3-1-8-19(22)17-27-23-11-4-2-7-18(23)12-14-21(26)15-13-20-9-5-6-16-25-20/h1-16H,17H2. The molecule has 134 valence electrons. The highest BCUT2D eigenvalue weighted by Gasteiger charge is 2.03. The summed E-state index contributed by atoms with van der Waals surface area (Å²) in [6, 6.07) is 20.7. The number of allylic oxidation sites excluding steroid dienone is 2. The van der Waals surface area contributed by atoms with Crippen molar-refractivity contribution < 1.29 is 9.53 Å². The van der Waals surface area contributed by atoms with E-state index in [1.807, 2.05) is 66.7 Å². The summed E-state index contributed by atoms with van der Waals surface area (Å²) >= 11 is 6.17. The van der Waals surface area contributed by atoms with Crippen LogP contribution in [0.15, 0.2) is 85.1 Å². The second-order valence-electron chi connectivity index (χ2n) is 5.74. The van der Waals surface area contributed by atoms with Crippen LogP contribution in [0.3, 0.4) is 0 Å². The molecular weight excluding hydrogens is 358 g/mol. The van der Waals surface area contributed by atoms with Gasteiger partial charge in [-0.25, -0.2) is 0 Å². The normalized spacial score (nSPS) is 11.1. The third-order valence-electron chi connectivity index (χ3n) is 3.79. The molecule has 0 bridgehead atoms. The highest BCUT2D eigenvalue weighted by Crippen LogP contribution is 2.23. The minimum absolute atomic E-state index is 0.124. The number of ether oxygens (including phenoxy) is 1. The quantitative estimate of drug-likeness (QED) is 0.504. The SMILES string of the molecule is O=C(C=Cc1ccccn1)C=Cc1ccccc1OCc1ccccc1Cl. The predicted molar refractivity (Wildman–Crippen MR) is 110 cm³/mol. The molecule has 0 aliphatic heterocycles. The molecule has 0 saturated heterocycles. The zero-order chi connectivity index (χ0) is 18.9. The molecule has 0 amide bonds. The van der Waals surface area contributed by atoms with Crippen molar-refractivity contribution >= 4 is 29.5 Å². The lowest BCUT2D eigenvalue weighted by Crippen LogP contribution is -1.97. The van der Waals surface area contributed by atoms with Crippen molar-refractivity contribution in [2.75, 3.05) is 0 Å². The summed E-state index contributed by atoms with van der Waals surface area (Å²) in [7, 11) is 0. The minimum atomic E-state index is -0.124. The van der Waals surface area contributed by atoms with Crippen molar-refractivity contribution in [3.05, 3.63) is 107 Å². The molecule has 0 radical (unpaired) electrons. The Morgan fingerprint density at radius 1 is 0.926 bits per heavy atom. The Kier molecular flexibility index (Phi) is 6.55. The number of hydrogen-bond donors (Lipinski definition) is 0. The van der Waals surface area contributed by atoms with Crippen LogP contribution in [0.4, 0.5) is 0 Å². The Hall–Kier alpha value is -3.17. The molecule has 0 atom stereocenters. The van der Waals surface area contributed by atoms with E-state index in [2.05, 4.69) is 4.98 Å². The first-order valence-corrected chi connectivity index (χ1v) is 8.86. The van der Waals surface area contributed by atoms with E-state index in [-0.39, 0.29) is 5.78 Å². The molecule has 0 spiro atoms. The van der Waals surface area contributed by atoms with Gasteiger partial charge in [-0.2, -0.15) is 0 Å². The van der Waals surface area contributed by atoms with Crippen LogP contribution in [0, 0.1) is 0 Å². The minimum Gasteiger partial charge on any atom is -0.488 e. The van der Waals surface area contributed by atoms with E-state index >= 15 is 0 Å². The van der Waals surface area contributed by atoms with Crippen molar-refractivity contribution in [1.82, 2.24) is 4.98 Å². The van der Waals surface area contributed by atoms with Gasteiger partial charge in [0.1, 0.15) is 12.4 Å². The van der Waals surface area contributed by atoms with E-state index in [9.17, 15) is 4.79 Å². The van der Waals surface area contributed by atoms with Gasteiger partial charge in [0.25, 0.3) is 0 Å². The lowest BCUT2D eigenvalue weighted by atomic mass is 10.1. The largest absolute Gasteiger partial charge is 0.488 e. The highest BCUT2D eigenvalue weighted by molar-refractivity contribution is 6.31. The fraction of sp³-hybridized carbons (Fsp3) is 0.0435. The van der Waals surface area contributed by atoms with E-state index in [4.69, 9.17) is 16.3 Å².